The van der Waals surface area contributed by atoms with Crippen molar-refractivity contribution in [2.24, 2.45) is 5.73 Å². The molecule has 42 heavy (non-hydrogen) atoms. The van der Waals surface area contributed by atoms with Gasteiger partial charge in [0.2, 0.25) is 0 Å². The molecule has 0 bridgehead atoms. The molecule has 0 saturated heterocycles. The number of aryl methyl sites for hydroxylation is 1. The summed E-state index contributed by atoms with van der Waals surface area (Å²) in [5, 5.41) is 13.2. The second-order valence-corrected chi connectivity index (χ2v) is 10.3. The van der Waals surface area contributed by atoms with Crippen LogP contribution in [-0.2, 0) is 12.5 Å². The van der Waals surface area contributed by atoms with Crippen LogP contribution in [0.2, 0.25) is 5.02 Å². The Labute approximate surface area is 249 Å². The molecule has 0 aliphatic carbocycles. The second-order valence-electron chi connectivity index (χ2n) is 8.61. The first-order chi connectivity index (χ1) is 19.4. The first-order valence-corrected chi connectivity index (χ1v) is 12.7. The first-order valence-electron chi connectivity index (χ1n) is 11.3. The predicted molar refractivity (Wildman–Crippen MR) is 141 cm³/mol. The number of nitrogens with two attached hydrogens (primary N) is 1. The van der Waals surface area contributed by atoms with Crippen LogP contribution in [0.5, 0.6) is 0 Å². The molecule has 2 amide bonds. The van der Waals surface area contributed by atoms with Gasteiger partial charge in [-0.3, -0.25) is 9.59 Å². The van der Waals surface area contributed by atoms with E-state index < -0.39 is 42.1 Å². The second kappa shape index (κ2) is 11.1. The number of nitrogens with zero attached hydrogens (tertiary/aromatic N) is 6. The highest BCUT2D eigenvalue weighted by Gasteiger charge is 2.74. The van der Waals surface area contributed by atoms with Crippen LogP contribution in [0.1, 0.15) is 37.8 Å². The van der Waals surface area contributed by atoms with Crippen molar-refractivity contribution in [2.45, 2.75) is 31.5 Å². The Morgan fingerprint density at radius 1 is 1.10 bits per heavy atom. The van der Waals surface area contributed by atoms with Crippen molar-refractivity contribution in [1.82, 2.24) is 29.8 Å². The third kappa shape index (κ3) is 5.76. The predicted octanol–water partition coefficient (Wildman–Crippen LogP) is 5.11. The molecule has 0 atom stereocenters. The van der Waals surface area contributed by atoms with E-state index in [0.29, 0.717) is 13.9 Å². The number of amides is 2. The van der Waals surface area contributed by atoms with Crippen LogP contribution in [0, 0.1) is 10.5 Å². The minimum absolute atomic E-state index is 0.000218. The van der Waals surface area contributed by atoms with Crippen molar-refractivity contribution in [2.75, 3.05) is 5.32 Å². The lowest BCUT2D eigenvalue weighted by atomic mass is 10.1. The van der Waals surface area contributed by atoms with Crippen molar-refractivity contribution in [1.29, 1.82) is 0 Å². The Balaban J connectivity index is 1.73. The minimum Gasteiger partial charge on any atom is -0.366 e. The van der Waals surface area contributed by atoms with Crippen molar-refractivity contribution < 1.29 is 40.3 Å². The Morgan fingerprint density at radius 3 is 2.40 bits per heavy atom. The average molecular weight is 731 g/mol. The summed E-state index contributed by atoms with van der Waals surface area (Å²) >= 11 is 8.17. The van der Waals surface area contributed by atoms with Gasteiger partial charge in [0.25, 0.3) is 11.8 Å². The highest BCUT2D eigenvalue weighted by atomic mass is 127. The number of hydrogen-bond donors (Lipinski definition) is 2. The van der Waals surface area contributed by atoms with Gasteiger partial charge in [-0.1, -0.05) is 11.6 Å². The molecule has 10 nitrogen and oxygen atoms in total. The smallest absolute Gasteiger partial charge is 0.366 e. The Bertz CT molecular complexity index is 1690. The molecule has 1 aromatic carbocycles. The standard InChI is InChI=1S/C23H15ClF7IN8O2/c1-10-5-11(32)6-13(18(33)41)17(10)36-20(42)15-7-12(37-40(15)19-14(24)3-2-4-34-19)9-39-35-8-16(38-39)21(25,26)22(27,28)23(29,30)31/h2-8H,9H2,1H3,(H2,33,41)(H,36,42). The van der Waals surface area contributed by atoms with Gasteiger partial charge in [0.05, 0.1) is 28.2 Å². The van der Waals surface area contributed by atoms with Crippen LogP contribution < -0.4 is 11.1 Å². The van der Waals surface area contributed by atoms with Crippen molar-refractivity contribution in [3.05, 3.63) is 79.5 Å². The molecule has 0 radical (unpaired) electrons. The van der Waals surface area contributed by atoms with Gasteiger partial charge in [-0.15, -0.1) is 0 Å². The Kier molecular flexibility index (Phi) is 8.24. The molecule has 0 aliphatic heterocycles. The minimum atomic E-state index is -6.56. The maximum absolute atomic E-state index is 14.1. The van der Waals surface area contributed by atoms with Crippen LogP contribution in [0.4, 0.5) is 36.4 Å². The fourth-order valence-electron chi connectivity index (χ4n) is 3.65. The molecule has 4 aromatic rings. The van der Waals surface area contributed by atoms with Gasteiger partial charge >= 0.3 is 18.0 Å². The fourth-order valence-corrected chi connectivity index (χ4v) is 4.63. The van der Waals surface area contributed by atoms with Crippen LogP contribution in [-0.4, -0.2) is 53.7 Å². The summed E-state index contributed by atoms with van der Waals surface area (Å²) in [5.74, 6) is -13.9. The number of rotatable bonds is 8. The molecule has 3 N–H and O–H groups in total. The quantitative estimate of drug-likeness (QED) is 0.191. The van der Waals surface area contributed by atoms with Gasteiger partial charge in [0.1, 0.15) is 12.2 Å². The molecule has 0 aliphatic rings. The molecule has 3 heterocycles. The summed E-state index contributed by atoms with van der Waals surface area (Å²) in [6, 6.07) is 7.14. The third-order valence-corrected chi connectivity index (χ3v) is 6.57. The van der Waals surface area contributed by atoms with Gasteiger partial charge < -0.3 is 11.1 Å². The monoisotopic (exact) mass is 730 g/mol. The molecule has 0 saturated carbocycles. The highest BCUT2D eigenvalue weighted by Crippen LogP contribution is 2.51. The number of pyridine rings is 1. The molecular formula is C23H15ClF7IN8O2. The molecule has 0 spiro atoms. The number of halogens is 9. The van der Waals surface area contributed by atoms with Crippen LogP contribution >= 0.6 is 34.2 Å². The highest BCUT2D eigenvalue weighted by molar-refractivity contribution is 14.1. The van der Waals surface area contributed by atoms with E-state index in [2.05, 4.69) is 25.6 Å². The maximum atomic E-state index is 14.1. The van der Waals surface area contributed by atoms with E-state index in [1.54, 1.807) is 13.0 Å². The molecular weight excluding hydrogens is 716 g/mol. The summed E-state index contributed by atoms with van der Waals surface area (Å²) in [6.45, 7) is 0.960. The summed E-state index contributed by atoms with van der Waals surface area (Å²) in [7, 11) is 0. The van der Waals surface area contributed by atoms with E-state index in [0.717, 1.165) is 10.7 Å². The van der Waals surface area contributed by atoms with E-state index in [9.17, 15) is 40.3 Å². The van der Waals surface area contributed by atoms with E-state index in [4.69, 9.17) is 17.3 Å². The largest absolute Gasteiger partial charge is 0.460 e. The normalized spacial score (nSPS) is 12.4. The van der Waals surface area contributed by atoms with Crippen LogP contribution in [0.25, 0.3) is 5.82 Å². The summed E-state index contributed by atoms with van der Waals surface area (Å²) in [4.78, 5) is 29.9. The average Bonchev–Trinajstić information content (AvgIpc) is 3.53. The van der Waals surface area contributed by atoms with Gasteiger partial charge in [0.15, 0.2) is 11.5 Å². The number of benzene rings is 1. The van der Waals surface area contributed by atoms with E-state index in [1.807, 2.05) is 22.6 Å². The number of carbonyl (C=O) groups is 2. The van der Waals surface area contributed by atoms with Gasteiger partial charge in [0, 0.05) is 9.77 Å². The topological polar surface area (TPSA) is 134 Å². The molecule has 19 heteroatoms. The summed E-state index contributed by atoms with van der Waals surface area (Å²) in [6.07, 6.45) is -5.18. The first kappa shape index (κ1) is 31.1. The SMILES string of the molecule is Cc1cc(I)cc(C(N)=O)c1NC(=O)c1cc(Cn2ncc(C(F)(F)C(F)(F)C(F)(F)F)n2)nn1-c1ncccc1Cl. The van der Waals surface area contributed by atoms with Crippen molar-refractivity contribution in [3.8, 4) is 5.82 Å². The van der Waals surface area contributed by atoms with E-state index in [-0.39, 0.29) is 39.7 Å². The molecule has 222 valence electrons. The van der Waals surface area contributed by atoms with Crippen molar-refractivity contribution in [3.63, 3.8) is 0 Å². The zero-order chi connectivity index (χ0) is 31.2. The lowest BCUT2D eigenvalue weighted by Gasteiger charge is -2.26. The summed E-state index contributed by atoms with van der Waals surface area (Å²) < 4.78 is 94.4. The van der Waals surface area contributed by atoms with Gasteiger partial charge in [-0.05, 0) is 65.4 Å². The molecule has 0 unspecified atom stereocenters. The van der Waals surface area contributed by atoms with Crippen molar-refractivity contribution >= 4 is 51.7 Å². The number of anilines is 1. The summed E-state index contributed by atoms with van der Waals surface area (Å²) in [5.41, 5.74) is 3.70. The number of alkyl halides is 7. The molecule has 0 fully saturated rings. The molecule has 3 aromatic heterocycles. The van der Waals surface area contributed by atoms with Gasteiger partial charge in [-0.2, -0.15) is 50.8 Å². The Morgan fingerprint density at radius 2 is 1.79 bits per heavy atom. The number of primary amides is 1. The fraction of sp³-hybridized carbons (Fsp3) is 0.217. The molecule has 4 rings (SSSR count). The van der Waals surface area contributed by atoms with E-state index >= 15 is 0 Å². The number of aromatic nitrogens is 6. The van der Waals surface area contributed by atoms with Crippen LogP contribution in [0.3, 0.4) is 0 Å². The zero-order valence-corrected chi connectivity index (χ0v) is 23.6. The number of hydrogen-bond acceptors (Lipinski definition) is 6. The lowest BCUT2D eigenvalue weighted by molar-refractivity contribution is -0.360. The third-order valence-electron chi connectivity index (χ3n) is 5.65. The van der Waals surface area contributed by atoms with E-state index in [1.165, 1.54) is 24.4 Å². The van der Waals surface area contributed by atoms with Gasteiger partial charge in [-0.25, -0.2) is 9.67 Å². The lowest BCUT2D eigenvalue weighted by Crippen LogP contribution is -2.50. The number of carbonyl (C=O) groups excluding carboxylic acids is 2. The van der Waals surface area contributed by atoms with Crippen LogP contribution in [0.15, 0.2) is 42.7 Å². The maximum Gasteiger partial charge on any atom is 0.460 e. The zero-order valence-electron chi connectivity index (χ0n) is 20.7. The number of nitrogens with one attached hydrogen (secondary N) is 1. The Hall–Kier alpha value is -3.81.